The van der Waals surface area contributed by atoms with Crippen molar-refractivity contribution in [1.82, 2.24) is 0 Å². The summed E-state index contributed by atoms with van der Waals surface area (Å²) in [5.41, 5.74) is 0.944. The summed E-state index contributed by atoms with van der Waals surface area (Å²) in [7, 11) is -3.57. The maximum atomic E-state index is 12.2. The summed E-state index contributed by atoms with van der Waals surface area (Å²) in [5.74, 6) is -0.00673. The summed E-state index contributed by atoms with van der Waals surface area (Å²) in [6.45, 7) is 0. The van der Waals surface area contributed by atoms with Crippen LogP contribution in [0.4, 0.5) is 0 Å². The molecule has 20 heavy (non-hydrogen) atoms. The molecule has 0 bridgehead atoms. The second kappa shape index (κ2) is 5.64. The van der Waals surface area contributed by atoms with Crippen LogP contribution < -0.4 is 4.18 Å². The maximum absolute atomic E-state index is 12.2. The molecule has 0 saturated heterocycles. The minimum atomic E-state index is -3.57. The van der Waals surface area contributed by atoms with E-state index in [9.17, 15) is 13.2 Å². The SMILES string of the molecule is CS(=O)(=O)Oc1ccc(C(=O)c2ccc(Cl)cc2)cc1. The first-order valence-electron chi connectivity index (χ1n) is 5.65. The van der Waals surface area contributed by atoms with Crippen molar-refractivity contribution in [1.29, 1.82) is 0 Å². The van der Waals surface area contributed by atoms with Crippen molar-refractivity contribution < 1.29 is 17.4 Å². The molecule has 0 heterocycles. The lowest BCUT2D eigenvalue weighted by molar-refractivity contribution is 0.103. The van der Waals surface area contributed by atoms with Crippen molar-refractivity contribution in [3.63, 3.8) is 0 Å². The van der Waals surface area contributed by atoms with E-state index < -0.39 is 10.1 Å². The molecule has 2 aromatic rings. The third kappa shape index (κ3) is 3.82. The lowest BCUT2D eigenvalue weighted by Crippen LogP contribution is -2.06. The van der Waals surface area contributed by atoms with Crippen molar-refractivity contribution >= 4 is 27.5 Å². The smallest absolute Gasteiger partial charge is 0.306 e. The Bertz CT molecular complexity index is 719. The summed E-state index contributed by atoms with van der Waals surface area (Å²) in [5, 5.41) is 0.554. The van der Waals surface area contributed by atoms with E-state index in [1.54, 1.807) is 24.3 Å². The van der Waals surface area contributed by atoms with Crippen molar-refractivity contribution in [2.75, 3.05) is 6.26 Å². The van der Waals surface area contributed by atoms with E-state index >= 15 is 0 Å². The molecule has 0 aliphatic carbocycles. The Labute approximate surface area is 122 Å². The van der Waals surface area contributed by atoms with Gasteiger partial charge in [0, 0.05) is 16.1 Å². The van der Waals surface area contributed by atoms with Crippen LogP contribution in [0, 0.1) is 0 Å². The molecule has 0 fully saturated rings. The van der Waals surface area contributed by atoms with Gasteiger partial charge in [0.1, 0.15) is 5.75 Å². The summed E-state index contributed by atoms with van der Waals surface area (Å²) in [6.07, 6.45) is 0.958. The van der Waals surface area contributed by atoms with Gasteiger partial charge in [0.05, 0.1) is 6.26 Å². The fraction of sp³-hybridized carbons (Fsp3) is 0.0714. The van der Waals surface area contributed by atoms with Crippen LogP contribution in [0.2, 0.25) is 5.02 Å². The zero-order chi connectivity index (χ0) is 14.8. The average Bonchev–Trinajstić information content (AvgIpc) is 2.38. The Morgan fingerprint density at radius 2 is 1.40 bits per heavy atom. The molecule has 2 aromatic carbocycles. The van der Waals surface area contributed by atoms with Gasteiger partial charge in [-0.05, 0) is 48.5 Å². The minimum absolute atomic E-state index is 0.167. The molecular formula is C14H11ClO4S. The molecule has 0 aliphatic rings. The van der Waals surface area contributed by atoms with Crippen molar-refractivity contribution in [3.8, 4) is 5.75 Å². The largest absolute Gasteiger partial charge is 0.383 e. The van der Waals surface area contributed by atoms with E-state index in [4.69, 9.17) is 15.8 Å². The van der Waals surface area contributed by atoms with E-state index in [0.29, 0.717) is 16.1 Å². The quantitative estimate of drug-likeness (QED) is 0.643. The van der Waals surface area contributed by atoms with Crippen LogP contribution >= 0.6 is 11.6 Å². The molecule has 0 N–H and O–H groups in total. The van der Waals surface area contributed by atoms with Crippen molar-refractivity contribution in [3.05, 3.63) is 64.7 Å². The van der Waals surface area contributed by atoms with Gasteiger partial charge in [0.25, 0.3) is 0 Å². The third-order valence-corrected chi connectivity index (χ3v) is 3.22. The van der Waals surface area contributed by atoms with Gasteiger partial charge in [0.15, 0.2) is 5.78 Å². The van der Waals surface area contributed by atoms with E-state index in [1.807, 2.05) is 0 Å². The molecule has 0 saturated carbocycles. The van der Waals surface area contributed by atoms with E-state index in [0.717, 1.165) is 6.26 Å². The number of ketones is 1. The Hall–Kier alpha value is -1.85. The molecule has 0 aromatic heterocycles. The van der Waals surface area contributed by atoms with Crippen LogP contribution in [0.5, 0.6) is 5.75 Å². The van der Waals surface area contributed by atoms with Crippen molar-refractivity contribution in [2.24, 2.45) is 0 Å². The molecule has 2 rings (SSSR count). The summed E-state index contributed by atoms with van der Waals surface area (Å²) in [6, 6.07) is 12.4. The highest BCUT2D eigenvalue weighted by molar-refractivity contribution is 7.86. The molecule has 0 amide bonds. The van der Waals surface area contributed by atoms with Crippen LogP contribution in [0.3, 0.4) is 0 Å². The van der Waals surface area contributed by atoms with Gasteiger partial charge in [-0.1, -0.05) is 11.6 Å². The molecule has 104 valence electrons. The first-order valence-corrected chi connectivity index (χ1v) is 7.84. The van der Waals surface area contributed by atoms with Gasteiger partial charge >= 0.3 is 10.1 Å². The van der Waals surface area contributed by atoms with Gasteiger partial charge in [-0.2, -0.15) is 8.42 Å². The van der Waals surface area contributed by atoms with E-state index in [2.05, 4.69) is 0 Å². The van der Waals surface area contributed by atoms with Gasteiger partial charge in [-0.25, -0.2) is 0 Å². The van der Waals surface area contributed by atoms with Gasteiger partial charge in [-0.15, -0.1) is 0 Å². The van der Waals surface area contributed by atoms with Crippen LogP contribution in [0.25, 0.3) is 0 Å². The number of carbonyl (C=O) groups excluding carboxylic acids is 1. The highest BCUT2D eigenvalue weighted by atomic mass is 35.5. The number of halogens is 1. The predicted molar refractivity (Wildman–Crippen MR) is 76.8 cm³/mol. The van der Waals surface area contributed by atoms with Crippen LogP contribution in [0.1, 0.15) is 15.9 Å². The number of benzene rings is 2. The van der Waals surface area contributed by atoms with Gasteiger partial charge in [-0.3, -0.25) is 4.79 Å². The van der Waals surface area contributed by atoms with Crippen LogP contribution in [-0.4, -0.2) is 20.5 Å². The van der Waals surface area contributed by atoms with Crippen LogP contribution in [0.15, 0.2) is 48.5 Å². The standard InChI is InChI=1S/C14H11ClO4S/c1-20(17,18)19-13-8-4-11(5-9-13)14(16)10-2-6-12(15)7-3-10/h2-9H,1H3. The number of hydrogen-bond donors (Lipinski definition) is 0. The highest BCUT2D eigenvalue weighted by Crippen LogP contribution is 2.18. The highest BCUT2D eigenvalue weighted by Gasteiger charge is 2.10. The summed E-state index contributed by atoms with van der Waals surface area (Å²) >= 11 is 5.76. The first-order chi connectivity index (χ1) is 9.35. The molecule has 0 unspecified atom stereocenters. The van der Waals surface area contributed by atoms with E-state index in [1.165, 1.54) is 24.3 Å². The average molecular weight is 311 g/mol. The fourth-order valence-corrected chi connectivity index (χ4v) is 2.19. The normalized spacial score (nSPS) is 11.1. The van der Waals surface area contributed by atoms with Gasteiger partial charge in [0.2, 0.25) is 0 Å². The Balaban J connectivity index is 2.21. The Kier molecular flexibility index (Phi) is 4.11. The maximum Gasteiger partial charge on any atom is 0.306 e. The molecule has 0 radical (unpaired) electrons. The topological polar surface area (TPSA) is 60.4 Å². The zero-order valence-electron chi connectivity index (χ0n) is 10.5. The molecular weight excluding hydrogens is 300 g/mol. The Morgan fingerprint density at radius 3 is 1.85 bits per heavy atom. The first kappa shape index (κ1) is 14.6. The number of carbonyl (C=O) groups is 1. The van der Waals surface area contributed by atoms with Gasteiger partial charge < -0.3 is 4.18 Å². The number of hydrogen-bond acceptors (Lipinski definition) is 4. The van der Waals surface area contributed by atoms with Crippen LogP contribution in [-0.2, 0) is 10.1 Å². The summed E-state index contributed by atoms with van der Waals surface area (Å²) < 4.78 is 26.6. The molecule has 4 nitrogen and oxygen atoms in total. The fourth-order valence-electron chi connectivity index (χ4n) is 1.60. The van der Waals surface area contributed by atoms with E-state index in [-0.39, 0.29) is 11.5 Å². The van der Waals surface area contributed by atoms with Crippen molar-refractivity contribution in [2.45, 2.75) is 0 Å². The predicted octanol–water partition coefficient (Wildman–Crippen LogP) is 2.91. The lowest BCUT2D eigenvalue weighted by atomic mass is 10.0. The molecule has 0 aliphatic heterocycles. The molecule has 0 atom stereocenters. The lowest BCUT2D eigenvalue weighted by Gasteiger charge is -2.04. The zero-order valence-corrected chi connectivity index (χ0v) is 12.1. The summed E-state index contributed by atoms with van der Waals surface area (Å²) in [4.78, 5) is 12.2. The monoisotopic (exact) mass is 310 g/mol. The molecule has 6 heteroatoms. The minimum Gasteiger partial charge on any atom is -0.383 e. The second-order valence-corrected chi connectivity index (χ2v) is 6.16. The number of rotatable bonds is 4. The molecule has 0 spiro atoms. The second-order valence-electron chi connectivity index (χ2n) is 4.15. The Morgan fingerprint density at radius 1 is 0.950 bits per heavy atom. The third-order valence-electron chi connectivity index (χ3n) is 2.47.